The Morgan fingerprint density at radius 2 is 2.24 bits per heavy atom. The topological polar surface area (TPSA) is 34.4 Å². The summed E-state index contributed by atoms with van der Waals surface area (Å²) in [7, 11) is 0. The Balaban J connectivity index is 1.57. The summed E-state index contributed by atoms with van der Waals surface area (Å²) >= 11 is 0. The highest BCUT2D eigenvalue weighted by Gasteiger charge is 2.14. The molecule has 0 radical (unpaired) electrons. The largest absolute Gasteiger partial charge is 0.460 e. The van der Waals surface area contributed by atoms with Crippen LogP contribution in [-0.2, 0) is 11.3 Å². The molecule has 0 amide bonds. The third-order valence-electron chi connectivity index (χ3n) is 3.23. The molecule has 2 heterocycles. The lowest BCUT2D eigenvalue weighted by molar-refractivity contribution is 0.185. The van der Waals surface area contributed by atoms with E-state index in [1.165, 1.54) is 11.8 Å². The Kier molecular flexibility index (Phi) is 3.12. The van der Waals surface area contributed by atoms with E-state index in [4.69, 9.17) is 9.15 Å². The number of benzene rings is 1. The number of furan rings is 1. The molecule has 1 fully saturated rings. The molecule has 0 aliphatic carbocycles. The number of hydrogen-bond donors (Lipinski definition) is 1. The van der Waals surface area contributed by atoms with Crippen LogP contribution in [0.3, 0.4) is 0 Å². The van der Waals surface area contributed by atoms with E-state index in [0.717, 1.165) is 37.6 Å². The number of para-hydroxylation sites is 1. The molecular weight excluding hydrogens is 214 g/mol. The van der Waals surface area contributed by atoms with Crippen LogP contribution in [0, 0.1) is 5.92 Å². The minimum Gasteiger partial charge on any atom is -0.460 e. The van der Waals surface area contributed by atoms with Gasteiger partial charge in [-0.2, -0.15) is 0 Å². The van der Waals surface area contributed by atoms with E-state index < -0.39 is 0 Å². The van der Waals surface area contributed by atoms with Crippen molar-refractivity contribution in [3.63, 3.8) is 0 Å². The molecule has 0 saturated carbocycles. The van der Waals surface area contributed by atoms with E-state index in [1.807, 2.05) is 18.2 Å². The summed E-state index contributed by atoms with van der Waals surface area (Å²) in [5.74, 6) is 1.67. The normalized spacial score (nSPS) is 20.1. The van der Waals surface area contributed by atoms with Gasteiger partial charge in [-0.3, -0.25) is 0 Å². The fraction of sp³-hybridized carbons (Fsp3) is 0.429. The van der Waals surface area contributed by atoms with Gasteiger partial charge in [-0.25, -0.2) is 0 Å². The lowest BCUT2D eigenvalue weighted by Crippen LogP contribution is -2.22. The van der Waals surface area contributed by atoms with Gasteiger partial charge >= 0.3 is 0 Å². The second kappa shape index (κ2) is 4.90. The summed E-state index contributed by atoms with van der Waals surface area (Å²) in [6.45, 7) is 3.62. The Morgan fingerprint density at radius 1 is 1.29 bits per heavy atom. The lowest BCUT2D eigenvalue weighted by Gasteiger charge is -2.07. The number of nitrogens with one attached hydrogen (secondary N) is 1. The molecule has 1 atom stereocenters. The smallest absolute Gasteiger partial charge is 0.134 e. The standard InChI is InChI=1S/C14H17NO2/c1-2-4-14-12(3-1)7-13(17-14)9-15-8-11-5-6-16-10-11/h1-4,7,11,15H,5-6,8-10H2. The molecule has 1 aliphatic rings. The van der Waals surface area contributed by atoms with Crippen molar-refractivity contribution in [2.45, 2.75) is 13.0 Å². The minimum absolute atomic E-state index is 0.666. The number of rotatable bonds is 4. The van der Waals surface area contributed by atoms with E-state index in [0.29, 0.717) is 5.92 Å². The molecule has 1 aliphatic heterocycles. The van der Waals surface area contributed by atoms with Crippen LogP contribution < -0.4 is 5.32 Å². The van der Waals surface area contributed by atoms with Gasteiger partial charge in [0.2, 0.25) is 0 Å². The summed E-state index contributed by atoms with van der Waals surface area (Å²) in [6.07, 6.45) is 1.17. The fourth-order valence-electron chi connectivity index (χ4n) is 2.27. The van der Waals surface area contributed by atoms with Gasteiger partial charge in [-0.15, -0.1) is 0 Å². The van der Waals surface area contributed by atoms with Gasteiger partial charge < -0.3 is 14.5 Å². The first kappa shape index (κ1) is 10.8. The van der Waals surface area contributed by atoms with Gasteiger partial charge in [0.25, 0.3) is 0 Å². The summed E-state index contributed by atoms with van der Waals surface area (Å²) in [4.78, 5) is 0. The Bertz CT molecular complexity index is 453. The Labute approximate surface area is 101 Å². The number of ether oxygens (including phenoxy) is 1. The average Bonchev–Trinajstić information content (AvgIpc) is 2.96. The van der Waals surface area contributed by atoms with Crippen molar-refractivity contribution in [1.29, 1.82) is 0 Å². The van der Waals surface area contributed by atoms with Crippen molar-refractivity contribution in [2.24, 2.45) is 5.92 Å². The molecule has 90 valence electrons. The third kappa shape index (κ3) is 2.51. The van der Waals surface area contributed by atoms with Gasteiger partial charge in [0.05, 0.1) is 13.2 Å². The lowest BCUT2D eigenvalue weighted by atomic mass is 10.1. The monoisotopic (exact) mass is 231 g/mol. The van der Waals surface area contributed by atoms with E-state index >= 15 is 0 Å². The van der Waals surface area contributed by atoms with E-state index in [1.54, 1.807) is 0 Å². The Hall–Kier alpha value is -1.32. The van der Waals surface area contributed by atoms with Crippen LogP contribution in [0.15, 0.2) is 34.7 Å². The quantitative estimate of drug-likeness (QED) is 0.878. The van der Waals surface area contributed by atoms with E-state index in [-0.39, 0.29) is 0 Å². The summed E-state index contributed by atoms with van der Waals surface area (Å²) < 4.78 is 11.1. The van der Waals surface area contributed by atoms with Gasteiger partial charge in [0.1, 0.15) is 11.3 Å². The zero-order valence-corrected chi connectivity index (χ0v) is 9.82. The summed E-state index contributed by atoms with van der Waals surface area (Å²) in [5.41, 5.74) is 0.966. The van der Waals surface area contributed by atoms with Crippen molar-refractivity contribution >= 4 is 11.0 Å². The molecule has 1 aromatic carbocycles. The second-order valence-corrected chi connectivity index (χ2v) is 4.61. The minimum atomic E-state index is 0.666. The summed E-state index contributed by atoms with van der Waals surface area (Å²) in [6, 6.07) is 10.2. The first-order chi connectivity index (χ1) is 8.42. The van der Waals surface area contributed by atoms with Crippen molar-refractivity contribution in [2.75, 3.05) is 19.8 Å². The van der Waals surface area contributed by atoms with Crippen molar-refractivity contribution in [3.05, 3.63) is 36.1 Å². The van der Waals surface area contributed by atoms with Crippen LogP contribution in [0.1, 0.15) is 12.2 Å². The van der Waals surface area contributed by atoms with Crippen LogP contribution in [0.2, 0.25) is 0 Å². The average molecular weight is 231 g/mol. The van der Waals surface area contributed by atoms with E-state index in [2.05, 4.69) is 17.4 Å². The molecule has 3 nitrogen and oxygen atoms in total. The predicted octanol–water partition coefficient (Wildman–Crippen LogP) is 2.56. The molecule has 0 spiro atoms. The Morgan fingerprint density at radius 3 is 3.06 bits per heavy atom. The molecule has 1 saturated heterocycles. The van der Waals surface area contributed by atoms with Crippen LogP contribution in [0.4, 0.5) is 0 Å². The molecular formula is C14H17NO2. The summed E-state index contributed by atoms with van der Waals surface area (Å²) in [5, 5.41) is 4.61. The molecule has 2 aromatic rings. The van der Waals surface area contributed by atoms with Crippen LogP contribution in [-0.4, -0.2) is 19.8 Å². The van der Waals surface area contributed by atoms with E-state index in [9.17, 15) is 0 Å². The first-order valence-electron chi connectivity index (χ1n) is 6.18. The van der Waals surface area contributed by atoms with Crippen LogP contribution in [0.5, 0.6) is 0 Å². The van der Waals surface area contributed by atoms with Crippen molar-refractivity contribution in [1.82, 2.24) is 5.32 Å². The first-order valence-corrected chi connectivity index (χ1v) is 6.18. The van der Waals surface area contributed by atoms with Gasteiger partial charge in [-0.05, 0) is 24.5 Å². The van der Waals surface area contributed by atoms with Crippen molar-refractivity contribution in [3.8, 4) is 0 Å². The zero-order chi connectivity index (χ0) is 11.5. The molecule has 1 aromatic heterocycles. The maximum Gasteiger partial charge on any atom is 0.134 e. The molecule has 0 bridgehead atoms. The van der Waals surface area contributed by atoms with Gasteiger partial charge in [-0.1, -0.05) is 18.2 Å². The molecule has 1 unspecified atom stereocenters. The van der Waals surface area contributed by atoms with Crippen LogP contribution >= 0.6 is 0 Å². The maximum absolute atomic E-state index is 5.74. The number of hydrogen-bond acceptors (Lipinski definition) is 3. The highest BCUT2D eigenvalue weighted by molar-refractivity contribution is 5.77. The third-order valence-corrected chi connectivity index (χ3v) is 3.23. The predicted molar refractivity (Wildman–Crippen MR) is 66.8 cm³/mol. The maximum atomic E-state index is 5.74. The van der Waals surface area contributed by atoms with Gasteiger partial charge in [0, 0.05) is 18.5 Å². The second-order valence-electron chi connectivity index (χ2n) is 4.61. The number of fused-ring (bicyclic) bond motifs is 1. The SMILES string of the molecule is c1ccc2oc(CNCC3CCOC3)cc2c1. The van der Waals surface area contributed by atoms with Crippen molar-refractivity contribution < 1.29 is 9.15 Å². The molecule has 3 heteroatoms. The molecule has 17 heavy (non-hydrogen) atoms. The highest BCUT2D eigenvalue weighted by Crippen LogP contribution is 2.18. The molecule has 3 rings (SSSR count). The van der Waals surface area contributed by atoms with Gasteiger partial charge in [0.15, 0.2) is 0 Å². The zero-order valence-electron chi connectivity index (χ0n) is 9.82. The fourth-order valence-corrected chi connectivity index (χ4v) is 2.27. The highest BCUT2D eigenvalue weighted by atomic mass is 16.5. The molecule has 1 N–H and O–H groups in total. The van der Waals surface area contributed by atoms with Crippen LogP contribution in [0.25, 0.3) is 11.0 Å².